The van der Waals surface area contributed by atoms with Gasteiger partial charge in [0.25, 0.3) is 0 Å². The lowest BCUT2D eigenvalue weighted by Gasteiger charge is -2.39. The topological polar surface area (TPSA) is 33.7 Å². The first kappa shape index (κ1) is 23.7. The molecule has 1 N–H and O–H groups in total. The van der Waals surface area contributed by atoms with E-state index < -0.39 is 0 Å². The summed E-state index contributed by atoms with van der Waals surface area (Å²) in [6.07, 6.45) is 5.63. The van der Waals surface area contributed by atoms with Gasteiger partial charge in [-0.2, -0.15) is 0 Å². The van der Waals surface area contributed by atoms with Crippen molar-refractivity contribution < 1.29 is 13.9 Å². The monoisotopic (exact) mass is 474 g/mol. The predicted octanol–water partition coefficient (Wildman–Crippen LogP) is 6.09. The fraction of sp³-hybridized carbons (Fsp3) is 0.400. The van der Waals surface area contributed by atoms with Crippen molar-refractivity contribution in [2.75, 3.05) is 25.1 Å². The van der Waals surface area contributed by atoms with Crippen LogP contribution in [0.4, 0.5) is 10.1 Å². The van der Waals surface area contributed by atoms with Gasteiger partial charge in [0.05, 0.1) is 13.2 Å². The Labute approximate surface area is 208 Å². The Bertz CT molecular complexity index is 1110. The van der Waals surface area contributed by atoms with Crippen molar-refractivity contribution in [2.45, 2.75) is 57.2 Å². The largest absolute Gasteiger partial charge is 0.497 e. The molecule has 3 aromatic carbocycles. The number of benzene rings is 3. The summed E-state index contributed by atoms with van der Waals surface area (Å²) in [7, 11) is 1.71. The number of ether oxygens (including phenoxy) is 2. The number of hydrogen-bond donors (Lipinski definition) is 1. The molecule has 4 nitrogen and oxygen atoms in total. The molecule has 0 aromatic heterocycles. The van der Waals surface area contributed by atoms with Gasteiger partial charge in [0.15, 0.2) is 0 Å². The van der Waals surface area contributed by atoms with E-state index >= 15 is 0 Å². The van der Waals surface area contributed by atoms with Gasteiger partial charge >= 0.3 is 0 Å². The predicted molar refractivity (Wildman–Crippen MR) is 139 cm³/mol. The van der Waals surface area contributed by atoms with Crippen LogP contribution in [0.25, 0.3) is 0 Å². The van der Waals surface area contributed by atoms with Crippen LogP contribution >= 0.6 is 0 Å². The number of methoxy groups -OCH3 is 1. The second-order valence-corrected chi connectivity index (χ2v) is 9.73. The molecule has 2 aliphatic heterocycles. The SMILES string of the molecule is COc1ccc2c(c1)CCN(c1ccc(F)cc1)C2Cc1ccc(OC(C)C2CCCCN2)cc1. The smallest absolute Gasteiger partial charge is 0.123 e. The molecule has 3 atom stereocenters. The van der Waals surface area contributed by atoms with Gasteiger partial charge in [-0.3, -0.25) is 0 Å². The maximum absolute atomic E-state index is 13.6. The molecule has 0 bridgehead atoms. The number of piperidine rings is 1. The van der Waals surface area contributed by atoms with Crippen LogP contribution in [-0.2, 0) is 12.8 Å². The van der Waals surface area contributed by atoms with Crippen LogP contribution in [0.5, 0.6) is 11.5 Å². The van der Waals surface area contributed by atoms with E-state index in [0.717, 1.165) is 43.1 Å². The third-order valence-electron chi connectivity index (χ3n) is 7.46. The Hall–Kier alpha value is -3.05. The molecule has 0 radical (unpaired) electrons. The second-order valence-electron chi connectivity index (χ2n) is 9.73. The van der Waals surface area contributed by atoms with Gasteiger partial charge in [0.2, 0.25) is 0 Å². The van der Waals surface area contributed by atoms with Crippen molar-refractivity contribution in [3.05, 3.63) is 89.2 Å². The average molecular weight is 475 g/mol. The van der Waals surface area contributed by atoms with Gasteiger partial charge in [-0.05, 0) is 104 Å². The highest BCUT2D eigenvalue weighted by Gasteiger charge is 2.28. The van der Waals surface area contributed by atoms with Crippen molar-refractivity contribution in [2.24, 2.45) is 0 Å². The molecular formula is C30H35FN2O2. The van der Waals surface area contributed by atoms with Gasteiger partial charge < -0.3 is 19.7 Å². The van der Waals surface area contributed by atoms with E-state index in [1.165, 1.54) is 36.0 Å². The maximum Gasteiger partial charge on any atom is 0.123 e. The Kier molecular flexibility index (Phi) is 7.24. The maximum atomic E-state index is 13.6. The summed E-state index contributed by atoms with van der Waals surface area (Å²) in [5.41, 5.74) is 4.92. The summed E-state index contributed by atoms with van der Waals surface area (Å²) in [5.74, 6) is 1.60. The number of rotatable bonds is 7. The molecule has 5 rings (SSSR count). The van der Waals surface area contributed by atoms with E-state index in [1.807, 2.05) is 18.2 Å². The number of halogens is 1. The van der Waals surface area contributed by atoms with Crippen LogP contribution in [0.1, 0.15) is 48.9 Å². The molecule has 184 valence electrons. The molecule has 1 fully saturated rings. The first-order valence-corrected chi connectivity index (χ1v) is 12.8. The highest BCUT2D eigenvalue weighted by Crippen LogP contribution is 2.37. The summed E-state index contributed by atoms with van der Waals surface area (Å²) in [6.45, 7) is 4.12. The fourth-order valence-electron chi connectivity index (χ4n) is 5.48. The van der Waals surface area contributed by atoms with Gasteiger partial charge in [-0.15, -0.1) is 0 Å². The van der Waals surface area contributed by atoms with Crippen molar-refractivity contribution in [3.63, 3.8) is 0 Å². The zero-order valence-electron chi connectivity index (χ0n) is 20.7. The van der Waals surface area contributed by atoms with E-state index in [0.29, 0.717) is 6.04 Å². The van der Waals surface area contributed by atoms with Crippen LogP contribution in [0.2, 0.25) is 0 Å². The van der Waals surface area contributed by atoms with Gasteiger partial charge in [-0.25, -0.2) is 4.39 Å². The second kappa shape index (κ2) is 10.7. The Morgan fingerprint density at radius 3 is 2.49 bits per heavy atom. The molecule has 35 heavy (non-hydrogen) atoms. The zero-order chi connectivity index (χ0) is 24.2. The summed E-state index contributed by atoms with van der Waals surface area (Å²) in [4.78, 5) is 2.40. The highest BCUT2D eigenvalue weighted by atomic mass is 19.1. The highest BCUT2D eigenvalue weighted by molar-refractivity contribution is 5.54. The van der Waals surface area contributed by atoms with Crippen LogP contribution < -0.4 is 19.7 Å². The van der Waals surface area contributed by atoms with E-state index in [1.54, 1.807) is 19.2 Å². The zero-order valence-corrected chi connectivity index (χ0v) is 20.7. The van der Waals surface area contributed by atoms with Crippen molar-refractivity contribution in [3.8, 4) is 11.5 Å². The molecule has 0 saturated carbocycles. The number of nitrogens with one attached hydrogen (secondary N) is 1. The quantitative estimate of drug-likeness (QED) is 0.449. The third-order valence-corrected chi connectivity index (χ3v) is 7.46. The molecule has 2 aliphatic rings. The van der Waals surface area contributed by atoms with E-state index in [9.17, 15) is 4.39 Å². The van der Waals surface area contributed by atoms with E-state index in [2.05, 4.69) is 53.5 Å². The Balaban J connectivity index is 1.36. The first-order chi connectivity index (χ1) is 17.1. The van der Waals surface area contributed by atoms with Crippen LogP contribution in [0, 0.1) is 5.82 Å². The van der Waals surface area contributed by atoms with E-state index in [-0.39, 0.29) is 18.0 Å². The Morgan fingerprint density at radius 2 is 1.77 bits per heavy atom. The van der Waals surface area contributed by atoms with Crippen molar-refractivity contribution >= 4 is 5.69 Å². The van der Waals surface area contributed by atoms with Crippen LogP contribution in [-0.4, -0.2) is 32.3 Å². The van der Waals surface area contributed by atoms with E-state index in [4.69, 9.17) is 9.47 Å². The average Bonchev–Trinajstić information content (AvgIpc) is 2.90. The number of hydrogen-bond acceptors (Lipinski definition) is 4. The summed E-state index contributed by atoms with van der Waals surface area (Å²) < 4.78 is 25.4. The molecule has 0 amide bonds. The molecule has 3 unspecified atom stereocenters. The lowest BCUT2D eigenvalue weighted by atomic mass is 9.88. The van der Waals surface area contributed by atoms with Crippen molar-refractivity contribution in [1.29, 1.82) is 0 Å². The first-order valence-electron chi connectivity index (χ1n) is 12.8. The third kappa shape index (κ3) is 5.46. The van der Waals surface area contributed by atoms with Gasteiger partial charge in [0, 0.05) is 18.3 Å². The van der Waals surface area contributed by atoms with Crippen molar-refractivity contribution in [1.82, 2.24) is 5.32 Å². The van der Waals surface area contributed by atoms with Crippen LogP contribution in [0.15, 0.2) is 66.7 Å². The number of nitrogens with zero attached hydrogens (tertiary/aromatic N) is 1. The molecule has 2 heterocycles. The minimum absolute atomic E-state index is 0.148. The number of fused-ring (bicyclic) bond motifs is 1. The van der Waals surface area contributed by atoms with Crippen LogP contribution in [0.3, 0.4) is 0 Å². The number of anilines is 1. The molecule has 5 heteroatoms. The minimum Gasteiger partial charge on any atom is -0.497 e. The minimum atomic E-state index is -0.208. The van der Waals surface area contributed by atoms with Gasteiger partial charge in [0.1, 0.15) is 23.4 Å². The molecule has 3 aromatic rings. The normalized spacial score (nSPS) is 20.7. The molecule has 0 spiro atoms. The summed E-state index contributed by atoms with van der Waals surface area (Å²) in [6, 6.07) is 22.4. The van der Waals surface area contributed by atoms with Gasteiger partial charge in [-0.1, -0.05) is 24.6 Å². The molecular weight excluding hydrogens is 439 g/mol. The summed E-state index contributed by atoms with van der Waals surface area (Å²) >= 11 is 0. The Morgan fingerprint density at radius 1 is 1.00 bits per heavy atom. The lowest BCUT2D eigenvalue weighted by molar-refractivity contribution is 0.152. The fourth-order valence-corrected chi connectivity index (χ4v) is 5.48. The lowest BCUT2D eigenvalue weighted by Crippen LogP contribution is -2.44. The standard InChI is InChI=1S/C30H35FN2O2/c1-21(29-5-3-4-17-32-29)35-26-12-6-22(7-13-26)19-30-28-15-14-27(34-2)20-23(28)16-18-33(30)25-10-8-24(31)9-11-25/h6-15,20-21,29-30,32H,3-5,16-19H2,1-2H3. The molecule has 1 saturated heterocycles. The summed E-state index contributed by atoms with van der Waals surface area (Å²) in [5, 5.41) is 3.58. The molecule has 0 aliphatic carbocycles.